The summed E-state index contributed by atoms with van der Waals surface area (Å²) in [5.41, 5.74) is 6.78. The molecule has 0 spiro atoms. The summed E-state index contributed by atoms with van der Waals surface area (Å²) < 4.78 is 0. The van der Waals surface area contributed by atoms with Crippen molar-refractivity contribution < 1.29 is 0 Å². The van der Waals surface area contributed by atoms with Gasteiger partial charge in [0.05, 0.1) is 22.1 Å². The Hall–Kier alpha value is -3.40. The van der Waals surface area contributed by atoms with Gasteiger partial charge < -0.3 is 9.97 Å². The van der Waals surface area contributed by atoms with E-state index in [1.165, 1.54) is 11.1 Å². The zero-order valence-corrected chi connectivity index (χ0v) is 15.8. The third kappa shape index (κ3) is 3.29. The molecule has 1 atom stereocenters. The number of H-pyrrole nitrogens is 2. The van der Waals surface area contributed by atoms with Crippen LogP contribution in [0.3, 0.4) is 0 Å². The topological polar surface area (TPSA) is 57.4 Å². The number of nitrogens with one attached hydrogen (secondary N) is 2. The molecule has 0 aliphatic carbocycles. The number of aromatic nitrogens is 4. The molecule has 2 heterocycles. The molecule has 2 N–H and O–H groups in total. The molecule has 0 radical (unpaired) electrons. The maximum atomic E-state index is 4.88. The minimum absolute atomic E-state index is 0.217. The van der Waals surface area contributed by atoms with Gasteiger partial charge in [-0.2, -0.15) is 0 Å². The molecule has 0 unspecified atom stereocenters. The number of nitrogens with zero attached hydrogens (tertiary/aromatic N) is 2. The number of hydrogen-bond donors (Lipinski definition) is 2. The Morgan fingerprint density at radius 3 is 2.18 bits per heavy atom. The fourth-order valence-corrected chi connectivity index (χ4v) is 3.89. The van der Waals surface area contributed by atoms with Gasteiger partial charge in [-0.25, -0.2) is 9.97 Å². The Morgan fingerprint density at radius 1 is 0.750 bits per heavy atom. The molecule has 5 aromatic rings. The molecule has 138 valence electrons. The molecule has 4 nitrogen and oxygen atoms in total. The number of imidazole rings is 2. The molecule has 2 aromatic heterocycles. The normalized spacial score (nSPS) is 12.6. The number of para-hydroxylation sites is 4. The Kier molecular flexibility index (Phi) is 4.17. The van der Waals surface area contributed by atoms with Crippen molar-refractivity contribution in [1.29, 1.82) is 0 Å². The van der Waals surface area contributed by atoms with Gasteiger partial charge in [0.2, 0.25) is 0 Å². The lowest BCUT2D eigenvalue weighted by molar-refractivity contribution is 0.628. The number of aryl methyl sites for hydroxylation is 1. The van der Waals surface area contributed by atoms with E-state index in [-0.39, 0.29) is 5.92 Å². The van der Waals surface area contributed by atoms with Crippen LogP contribution in [0.15, 0.2) is 72.8 Å². The number of rotatable bonds is 5. The van der Waals surface area contributed by atoms with Crippen LogP contribution in [0.1, 0.15) is 28.7 Å². The molecular weight excluding hydrogens is 344 g/mol. The molecule has 5 rings (SSSR count). The maximum absolute atomic E-state index is 4.88. The predicted molar refractivity (Wildman–Crippen MR) is 114 cm³/mol. The Balaban J connectivity index is 1.52. The smallest absolute Gasteiger partial charge is 0.111 e. The van der Waals surface area contributed by atoms with Crippen LogP contribution in [0.4, 0.5) is 0 Å². The fourth-order valence-electron chi connectivity index (χ4n) is 3.89. The summed E-state index contributed by atoms with van der Waals surface area (Å²) in [4.78, 5) is 16.7. The summed E-state index contributed by atoms with van der Waals surface area (Å²) >= 11 is 0. The molecule has 0 amide bonds. The van der Waals surface area contributed by atoms with Gasteiger partial charge in [-0.1, -0.05) is 54.1 Å². The molecule has 0 saturated heterocycles. The van der Waals surface area contributed by atoms with Crippen LogP contribution in [-0.2, 0) is 12.8 Å². The number of fused-ring (bicyclic) bond motifs is 2. The lowest BCUT2D eigenvalue weighted by Crippen LogP contribution is -2.10. The zero-order chi connectivity index (χ0) is 18.9. The van der Waals surface area contributed by atoms with E-state index in [1.54, 1.807) is 0 Å². The van der Waals surface area contributed by atoms with Crippen molar-refractivity contribution in [3.8, 4) is 0 Å². The summed E-state index contributed by atoms with van der Waals surface area (Å²) in [6, 6.07) is 25.1. The van der Waals surface area contributed by atoms with Crippen LogP contribution >= 0.6 is 0 Å². The first-order valence-electron chi connectivity index (χ1n) is 9.68. The van der Waals surface area contributed by atoms with Gasteiger partial charge in [0.15, 0.2) is 0 Å². The maximum Gasteiger partial charge on any atom is 0.111 e. The van der Waals surface area contributed by atoms with Crippen molar-refractivity contribution >= 4 is 22.1 Å². The van der Waals surface area contributed by atoms with Crippen molar-refractivity contribution in [2.45, 2.75) is 25.7 Å². The highest BCUT2D eigenvalue weighted by molar-refractivity contribution is 5.75. The van der Waals surface area contributed by atoms with Gasteiger partial charge >= 0.3 is 0 Å². The first kappa shape index (κ1) is 16.8. The lowest BCUT2D eigenvalue weighted by Gasteiger charge is -2.14. The van der Waals surface area contributed by atoms with Crippen LogP contribution < -0.4 is 0 Å². The molecule has 0 bridgehead atoms. The van der Waals surface area contributed by atoms with E-state index in [4.69, 9.17) is 9.97 Å². The van der Waals surface area contributed by atoms with Crippen molar-refractivity contribution in [3.63, 3.8) is 0 Å². The number of aromatic amines is 2. The summed E-state index contributed by atoms with van der Waals surface area (Å²) in [6.07, 6.45) is 1.72. The lowest BCUT2D eigenvalue weighted by atomic mass is 9.94. The largest absolute Gasteiger partial charge is 0.342 e. The second-order valence-corrected chi connectivity index (χ2v) is 7.43. The molecule has 3 aromatic carbocycles. The van der Waals surface area contributed by atoms with E-state index < -0.39 is 0 Å². The quantitative estimate of drug-likeness (QED) is 0.442. The second kappa shape index (κ2) is 6.97. The van der Waals surface area contributed by atoms with Crippen LogP contribution in [0, 0.1) is 6.92 Å². The van der Waals surface area contributed by atoms with Crippen LogP contribution in [0.5, 0.6) is 0 Å². The Morgan fingerprint density at radius 2 is 1.46 bits per heavy atom. The third-order valence-corrected chi connectivity index (χ3v) is 5.24. The molecule has 28 heavy (non-hydrogen) atoms. The van der Waals surface area contributed by atoms with Crippen LogP contribution in [0.2, 0.25) is 0 Å². The third-order valence-electron chi connectivity index (χ3n) is 5.24. The molecule has 0 aliphatic rings. The standard InChI is InChI=1S/C24H22N4/c1-16-7-6-8-17(13-16)14-18(24-27-21-11-4-5-12-22(21)28-24)15-23-25-19-9-2-3-10-20(19)26-23/h2-13,18H,14-15H2,1H3,(H,25,26)(H,27,28)/t18-/m0/s1. The van der Waals surface area contributed by atoms with Crippen molar-refractivity contribution in [3.05, 3.63) is 95.6 Å². The highest BCUT2D eigenvalue weighted by Crippen LogP contribution is 2.26. The minimum Gasteiger partial charge on any atom is -0.342 e. The van der Waals surface area contributed by atoms with E-state index in [9.17, 15) is 0 Å². The number of benzene rings is 3. The summed E-state index contributed by atoms with van der Waals surface area (Å²) in [6.45, 7) is 2.14. The monoisotopic (exact) mass is 366 g/mol. The van der Waals surface area contributed by atoms with Crippen molar-refractivity contribution in [1.82, 2.24) is 19.9 Å². The van der Waals surface area contributed by atoms with Gasteiger partial charge in [-0.05, 0) is 43.2 Å². The summed E-state index contributed by atoms with van der Waals surface area (Å²) in [5.74, 6) is 2.23. The van der Waals surface area contributed by atoms with Crippen molar-refractivity contribution in [2.24, 2.45) is 0 Å². The van der Waals surface area contributed by atoms with Gasteiger partial charge in [0.25, 0.3) is 0 Å². The zero-order valence-electron chi connectivity index (χ0n) is 15.8. The van der Waals surface area contributed by atoms with Gasteiger partial charge in [0.1, 0.15) is 11.6 Å². The van der Waals surface area contributed by atoms with Crippen molar-refractivity contribution in [2.75, 3.05) is 0 Å². The van der Waals surface area contributed by atoms with Crippen LogP contribution in [0.25, 0.3) is 22.1 Å². The van der Waals surface area contributed by atoms with E-state index in [2.05, 4.69) is 59.4 Å². The molecular formula is C24H22N4. The van der Waals surface area contributed by atoms with Gasteiger partial charge in [-0.15, -0.1) is 0 Å². The minimum atomic E-state index is 0.217. The highest BCUT2D eigenvalue weighted by Gasteiger charge is 2.19. The molecule has 0 saturated carbocycles. The van der Waals surface area contributed by atoms with Crippen LogP contribution in [-0.4, -0.2) is 19.9 Å². The Labute approximate surface area is 163 Å². The molecule has 0 fully saturated rings. The van der Waals surface area contributed by atoms with Gasteiger partial charge in [-0.3, -0.25) is 0 Å². The fraction of sp³-hybridized carbons (Fsp3) is 0.167. The molecule has 4 heteroatoms. The molecule has 0 aliphatic heterocycles. The van der Waals surface area contributed by atoms with E-state index in [1.807, 2.05) is 30.3 Å². The average Bonchev–Trinajstić information content (AvgIpc) is 3.31. The summed E-state index contributed by atoms with van der Waals surface area (Å²) in [5, 5.41) is 0. The van der Waals surface area contributed by atoms with E-state index >= 15 is 0 Å². The van der Waals surface area contributed by atoms with E-state index in [0.717, 1.165) is 46.6 Å². The highest BCUT2D eigenvalue weighted by atomic mass is 14.9. The second-order valence-electron chi connectivity index (χ2n) is 7.43. The predicted octanol–water partition coefficient (Wildman–Crippen LogP) is 5.32. The average molecular weight is 366 g/mol. The van der Waals surface area contributed by atoms with E-state index in [0.29, 0.717) is 0 Å². The number of hydrogen-bond acceptors (Lipinski definition) is 2. The Bertz CT molecular complexity index is 1180. The first-order chi connectivity index (χ1) is 13.7. The van der Waals surface area contributed by atoms with Gasteiger partial charge in [0, 0.05) is 12.3 Å². The summed E-state index contributed by atoms with van der Waals surface area (Å²) in [7, 11) is 0. The first-order valence-corrected chi connectivity index (χ1v) is 9.68. The SMILES string of the molecule is Cc1cccc(C[C@@H](Cc2nc3ccccc3[nH]2)c2nc3ccccc3[nH]2)c1.